The Hall–Kier alpha value is -2.31. The van der Waals surface area contributed by atoms with E-state index in [1.807, 2.05) is 53.8 Å². The van der Waals surface area contributed by atoms with E-state index < -0.39 is 0 Å². The molecule has 29 heavy (non-hydrogen) atoms. The van der Waals surface area contributed by atoms with E-state index in [0.29, 0.717) is 23.6 Å². The van der Waals surface area contributed by atoms with Crippen LogP contribution in [0, 0.1) is 12.8 Å². The summed E-state index contributed by atoms with van der Waals surface area (Å²) >= 11 is 7.59. The average Bonchev–Trinajstić information content (AvgIpc) is 3.11. The molecule has 0 aliphatic heterocycles. The first-order valence-corrected chi connectivity index (χ1v) is 11.1. The molecule has 0 bridgehead atoms. The molecule has 0 amide bonds. The van der Waals surface area contributed by atoms with Gasteiger partial charge in [-0.3, -0.25) is 13.8 Å². The van der Waals surface area contributed by atoms with Crippen molar-refractivity contribution in [3.05, 3.63) is 69.0 Å². The summed E-state index contributed by atoms with van der Waals surface area (Å²) in [6, 6.07) is 13.8. The lowest BCUT2D eigenvalue weighted by atomic mass is 10.1. The molecular weight excluding hydrogens is 404 g/mol. The van der Waals surface area contributed by atoms with Crippen molar-refractivity contribution in [2.45, 2.75) is 44.6 Å². The first kappa shape index (κ1) is 20.0. The number of benzene rings is 2. The molecule has 0 fully saturated rings. The fourth-order valence-corrected chi connectivity index (χ4v) is 4.33. The Morgan fingerprint density at radius 2 is 1.86 bits per heavy atom. The van der Waals surface area contributed by atoms with Gasteiger partial charge in [-0.2, -0.15) is 0 Å². The number of hydrogen-bond acceptors (Lipinski definition) is 4. The van der Waals surface area contributed by atoms with E-state index in [4.69, 9.17) is 11.6 Å². The van der Waals surface area contributed by atoms with Gasteiger partial charge in [0.25, 0.3) is 5.56 Å². The molecule has 0 radical (unpaired) electrons. The van der Waals surface area contributed by atoms with Gasteiger partial charge in [-0.25, -0.2) is 0 Å². The Kier molecular flexibility index (Phi) is 5.65. The summed E-state index contributed by atoms with van der Waals surface area (Å²) in [7, 11) is 0. The van der Waals surface area contributed by atoms with Crippen LogP contribution in [0.5, 0.6) is 0 Å². The number of hydrogen-bond donors (Lipinski definition) is 0. The molecule has 0 spiro atoms. The van der Waals surface area contributed by atoms with Gasteiger partial charge >= 0.3 is 0 Å². The molecule has 0 atom stereocenters. The first-order valence-electron chi connectivity index (χ1n) is 9.69. The van der Waals surface area contributed by atoms with Crippen LogP contribution in [0.4, 0.5) is 0 Å². The van der Waals surface area contributed by atoms with E-state index in [1.54, 1.807) is 16.3 Å². The van der Waals surface area contributed by atoms with Crippen molar-refractivity contribution in [1.29, 1.82) is 0 Å². The molecule has 0 N–H and O–H groups in total. The molecule has 4 rings (SSSR count). The normalized spacial score (nSPS) is 11.8. The number of fused-ring (bicyclic) bond motifs is 3. The molecule has 0 saturated carbocycles. The van der Waals surface area contributed by atoms with Crippen LogP contribution >= 0.6 is 23.4 Å². The minimum atomic E-state index is -0.00139. The van der Waals surface area contributed by atoms with Crippen molar-refractivity contribution in [1.82, 2.24) is 19.2 Å². The molecule has 0 aliphatic carbocycles. The van der Waals surface area contributed by atoms with E-state index in [9.17, 15) is 4.79 Å². The lowest BCUT2D eigenvalue weighted by molar-refractivity contribution is 0.512. The standard InChI is InChI=1S/C22H23ClN4OS/c1-14(2)10-11-26-20(28)18-12-15(3)4-9-19(18)27-21(26)24-25-22(27)29-13-16-5-7-17(23)8-6-16/h4-9,12,14H,10-11,13H2,1-3H3. The summed E-state index contributed by atoms with van der Waals surface area (Å²) < 4.78 is 3.78. The van der Waals surface area contributed by atoms with Gasteiger partial charge in [-0.05, 0) is 49.1 Å². The molecule has 2 aromatic carbocycles. The molecule has 7 heteroatoms. The van der Waals surface area contributed by atoms with E-state index in [1.165, 1.54) is 0 Å². The van der Waals surface area contributed by atoms with E-state index in [-0.39, 0.29) is 5.56 Å². The zero-order valence-corrected chi connectivity index (χ0v) is 18.3. The fourth-order valence-electron chi connectivity index (χ4n) is 3.31. The lowest BCUT2D eigenvalue weighted by Crippen LogP contribution is -2.24. The van der Waals surface area contributed by atoms with Crippen molar-refractivity contribution < 1.29 is 0 Å². The number of halogens is 1. The highest BCUT2D eigenvalue weighted by Crippen LogP contribution is 2.26. The fraction of sp³-hybridized carbons (Fsp3) is 0.318. The maximum absolute atomic E-state index is 13.2. The van der Waals surface area contributed by atoms with Gasteiger partial charge in [0.1, 0.15) is 0 Å². The second-order valence-electron chi connectivity index (χ2n) is 7.69. The largest absolute Gasteiger partial charge is 0.276 e. The predicted molar refractivity (Wildman–Crippen MR) is 120 cm³/mol. The van der Waals surface area contributed by atoms with E-state index in [0.717, 1.165) is 39.0 Å². The molecule has 0 saturated heterocycles. The summed E-state index contributed by atoms with van der Waals surface area (Å²) in [5.74, 6) is 1.85. The Balaban J connectivity index is 1.82. The molecule has 5 nitrogen and oxygen atoms in total. The third-order valence-electron chi connectivity index (χ3n) is 4.94. The minimum absolute atomic E-state index is 0.00139. The van der Waals surface area contributed by atoms with Crippen LogP contribution in [0.1, 0.15) is 31.4 Å². The van der Waals surface area contributed by atoms with E-state index >= 15 is 0 Å². The Labute approximate surface area is 178 Å². The number of aryl methyl sites for hydroxylation is 2. The Morgan fingerprint density at radius 3 is 2.59 bits per heavy atom. The Bertz CT molecular complexity index is 1230. The third kappa shape index (κ3) is 4.05. The van der Waals surface area contributed by atoms with Gasteiger partial charge in [0.2, 0.25) is 5.78 Å². The average molecular weight is 427 g/mol. The predicted octanol–water partition coefficient (Wildman–Crippen LogP) is 5.34. The Morgan fingerprint density at radius 1 is 1.10 bits per heavy atom. The highest BCUT2D eigenvalue weighted by Gasteiger charge is 2.17. The monoisotopic (exact) mass is 426 g/mol. The van der Waals surface area contributed by atoms with Gasteiger partial charge in [-0.15, -0.1) is 10.2 Å². The van der Waals surface area contributed by atoms with Crippen LogP contribution in [0.3, 0.4) is 0 Å². The molecule has 150 valence electrons. The molecule has 0 aliphatic rings. The van der Waals surface area contributed by atoms with Crippen molar-refractivity contribution in [3.63, 3.8) is 0 Å². The summed E-state index contributed by atoms with van der Waals surface area (Å²) in [5.41, 5.74) is 3.07. The summed E-state index contributed by atoms with van der Waals surface area (Å²) in [6.07, 6.45) is 0.910. The number of thioether (sulfide) groups is 1. The quantitative estimate of drug-likeness (QED) is 0.390. The zero-order valence-electron chi connectivity index (χ0n) is 16.7. The number of aromatic nitrogens is 4. The van der Waals surface area contributed by atoms with Crippen LogP contribution < -0.4 is 5.56 Å². The minimum Gasteiger partial charge on any atom is -0.276 e. The molecular formula is C22H23ClN4OS. The molecule has 0 unspecified atom stereocenters. The SMILES string of the molecule is Cc1ccc2c(c1)c(=O)n(CCC(C)C)c1nnc(SCc3ccc(Cl)cc3)n21. The maximum Gasteiger partial charge on any atom is 0.262 e. The van der Waals surface area contributed by atoms with Gasteiger partial charge in [0.05, 0.1) is 10.9 Å². The van der Waals surface area contributed by atoms with Crippen LogP contribution in [0.15, 0.2) is 52.4 Å². The summed E-state index contributed by atoms with van der Waals surface area (Å²) in [6.45, 7) is 6.95. The lowest BCUT2D eigenvalue weighted by Gasteiger charge is -2.13. The van der Waals surface area contributed by atoms with Gasteiger partial charge < -0.3 is 0 Å². The van der Waals surface area contributed by atoms with Gasteiger partial charge in [-0.1, -0.05) is 61.0 Å². The third-order valence-corrected chi connectivity index (χ3v) is 6.19. The van der Waals surface area contributed by atoms with Crippen LogP contribution in [-0.4, -0.2) is 19.2 Å². The van der Waals surface area contributed by atoms with Crippen LogP contribution in [0.25, 0.3) is 16.7 Å². The van der Waals surface area contributed by atoms with Crippen molar-refractivity contribution in [2.24, 2.45) is 5.92 Å². The van der Waals surface area contributed by atoms with Crippen LogP contribution in [-0.2, 0) is 12.3 Å². The second-order valence-corrected chi connectivity index (χ2v) is 9.07. The van der Waals surface area contributed by atoms with Crippen molar-refractivity contribution in [2.75, 3.05) is 0 Å². The van der Waals surface area contributed by atoms with E-state index in [2.05, 4.69) is 24.0 Å². The summed E-state index contributed by atoms with van der Waals surface area (Å²) in [5, 5.41) is 11.0. The number of rotatable bonds is 6. The van der Waals surface area contributed by atoms with Gasteiger partial charge in [0, 0.05) is 17.3 Å². The number of nitrogens with zero attached hydrogens (tertiary/aromatic N) is 4. The molecule has 4 aromatic rings. The topological polar surface area (TPSA) is 52.2 Å². The molecule has 2 heterocycles. The molecule has 2 aromatic heterocycles. The highest BCUT2D eigenvalue weighted by molar-refractivity contribution is 7.98. The van der Waals surface area contributed by atoms with Crippen molar-refractivity contribution >= 4 is 40.0 Å². The maximum atomic E-state index is 13.2. The smallest absolute Gasteiger partial charge is 0.262 e. The summed E-state index contributed by atoms with van der Waals surface area (Å²) in [4.78, 5) is 13.2. The van der Waals surface area contributed by atoms with Crippen LogP contribution in [0.2, 0.25) is 5.02 Å². The zero-order chi connectivity index (χ0) is 20.5. The highest BCUT2D eigenvalue weighted by atomic mass is 35.5. The van der Waals surface area contributed by atoms with Gasteiger partial charge in [0.15, 0.2) is 5.16 Å². The second kappa shape index (κ2) is 8.20. The first-order chi connectivity index (χ1) is 13.9. The van der Waals surface area contributed by atoms with Crippen molar-refractivity contribution in [3.8, 4) is 0 Å².